The average Bonchev–Trinajstić information content (AvgIpc) is 2.62. The summed E-state index contributed by atoms with van der Waals surface area (Å²) in [6, 6.07) is 7.61. The fourth-order valence-electron chi connectivity index (χ4n) is 2.40. The summed E-state index contributed by atoms with van der Waals surface area (Å²) >= 11 is 6.03. The minimum atomic E-state index is -4.15. The molecular formula is C20H23ClFN3O4S. The molecule has 0 spiro atoms. The number of rotatable bonds is 6. The molecule has 7 nitrogen and oxygen atoms in total. The highest BCUT2D eigenvalue weighted by Gasteiger charge is 2.24. The Morgan fingerprint density at radius 2 is 1.67 bits per heavy atom. The second-order valence-corrected chi connectivity index (χ2v) is 9.75. The van der Waals surface area contributed by atoms with Crippen molar-refractivity contribution >= 4 is 39.1 Å². The van der Waals surface area contributed by atoms with Gasteiger partial charge in [-0.15, -0.1) is 0 Å². The zero-order chi connectivity index (χ0) is 22.7. The quantitative estimate of drug-likeness (QED) is 0.621. The molecule has 10 heteroatoms. The van der Waals surface area contributed by atoms with Crippen molar-refractivity contribution in [2.45, 2.75) is 44.2 Å². The lowest BCUT2D eigenvalue weighted by Gasteiger charge is -2.23. The topological polar surface area (TPSA) is 104 Å². The number of hydrogen-bond acceptors (Lipinski definition) is 4. The highest BCUT2D eigenvalue weighted by atomic mass is 35.5. The van der Waals surface area contributed by atoms with E-state index in [0.717, 1.165) is 18.2 Å². The van der Waals surface area contributed by atoms with Crippen molar-refractivity contribution in [2.75, 3.05) is 4.72 Å². The third kappa shape index (κ3) is 6.43. The number of carbonyl (C=O) groups excluding carboxylic acids is 2. The first-order chi connectivity index (χ1) is 13.8. The van der Waals surface area contributed by atoms with Crippen molar-refractivity contribution in [2.24, 2.45) is 0 Å². The Morgan fingerprint density at radius 3 is 2.23 bits per heavy atom. The van der Waals surface area contributed by atoms with Gasteiger partial charge in [0.15, 0.2) is 0 Å². The van der Waals surface area contributed by atoms with E-state index in [-0.39, 0.29) is 27.1 Å². The predicted molar refractivity (Wildman–Crippen MR) is 113 cm³/mol. The van der Waals surface area contributed by atoms with Crippen molar-refractivity contribution < 1.29 is 22.4 Å². The molecular weight excluding hydrogens is 433 g/mol. The lowest BCUT2D eigenvalue weighted by atomic mass is 10.1. The van der Waals surface area contributed by atoms with Crippen LogP contribution in [-0.2, 0) is 14.8 Å². The van der Waals surface area contributed by atoms with Crippen molar-refractivity contribution in [3.05, 3.63) is 58.9 Å². The molecule has 1 atom stereocenters. The number of nitrogens with one attached hydrogen (secondary N) is 3. The van der Waals surface area contributed by atoms with Gasteiger partial charge in [0.1, 0.15) is 16.8 Å². The van der Waals surface area contributed by atoms with Gasteiger partial charge in [0.2, 0.25) is 5.91 Å². The molecule has 162 valence electrons. The van der Waals surface area contributed by atoms with E-state index < -0.39 is 33.3 Å². The van der Waals surface area contributed by atoms with E-state index in [1.807, 2.05) is 20.8 Å². The fraction of sp³-hybridized carbons (Fsp3) is 0.300. The molecule has 2 aromatic carbocycles. The standard InChI is InChI=1S/C20H23ClFN3O4S/c1-12(18(26)24-20(2,3)4)23-19(27)13-5-10-16(21)17(11-13)30(28,29)25-15-8-6-14(22)7-9-15/h5-12,25H,1-4H3,(H,23,27)(H,24,26). The van der Waals surface area contributed by atoms with Crippen LogP contribution in [0.5, 0.6) is 0 Å². The molecule has 2 aromatic rings. The van der Waals surface area contributed by atoms with Crippen LogP contribution in [0.1, 0.15) is 38.1 Å². The Bertz CT molecular complexity index is 1050. The number of halogens is 2. The van der Waals surface area contributed by atoms with E-state index in [0.29, 0.717) is 0 Å². The molecule has 0 radical (unpaired) electrons. The SMILES string of the molecule is CC(NC(=O)c1ccc(Cl)c(S(=O)(=O)Nc2ccc(F)cc2)c1)C(=O)NC(C)(C)C. The summed E-state index contributed by atoms with van der Waals surface area (Å²) in [5.41, 5.74) is -0.326. The number of anilines is 1. The van der Waals surface area contributed by atoms with Crippen LogP contribution in [0.15, 0.2) is 47.4 Å². The van der Waals surface area contributed by atoms with E-state index >= 15 is 0 Å². The van der Waals surface area contributed by atoms with Crippen LogP contribution in [-0.4, -0.2) is 31.8 Å². The Morgan fingerprint density at radius 1 is 1.07 bits per heavy atom. The van der Waals surface area contributed by atoms with Crippen molar-refractivity contribution in [1.82, 2.24) is 10.6 Å². The molecule has 0 aromatic heterocycles. The van der Waals surface area contributed by atoms with Gasteiger partial charge >= 0.3 is 0 Å². The van der Waals surface area contributed by atoms with E-state index in [1.165, 1.54) is 31.2 Å². The van der Waals surface area contributed by atoms with Crippen LogP contribution in [0, 0.1) is 5.82 Å². The molecule has 3 N–H and O–H groups in total. The first-order valence-corrected chi connectivity index (χ1v) is 10.9. The van der Waals surface area contributed by atoms with E-state index in [9.17, 15) is 22.4 Å². The van der Waals surface area contributed by atoms with Crippen molar-refractivity contribution in [3.8, 4) is 0 Å². The van der Waals surface area contributed by atoms with E-state index in [4.69, 9.17) is 11.6 Å². The number of sulfonamides is 1. The van der Waals surface area contributed by atoms with Gasteiger partial charge in [0.05, 0.1) is 5.02 Å². The Kier molecular flexibility index (Phi) is 7.10. The van der Waals surface area contributed by atoms with Crippen LogP contribution in [0.25, 0.3) is 0 Å². The number of carbonyl (C=O) groups is 2. The number of amides is 2. The third-order valence-corrected chi connectivity index (χ3v) is 5.68. The highest BCUT2D eigenvalue weighted by molar-refractivity contribution is 7.92. The maximum Gasteiger partial charge on any atom is 0.263 e. The van der Waals surface area contributed by atoms with Crippen LogP contribution >= 0.6 is 11.6 Å². The normalized spacial score (nSPS) is 12.7. The van der Waals surface area contributed by atoms with Gasteiger partial charge in [-0.2, -0.15) is 0 Å². The minimum absolute atomic E-state index is 0.00860. The number of hydrogen-bond donors (Lipinski definition) is 3. The molecule has 0 saturated carbocycles. The molecule has 0 aliphatic heterocycles. The molecule has 0 heterocycles. The molecule has 0 aliphatic rings. The summed E-state index contributed by atoms with van der Waals surface area (Å²) < 4.78 is 40.7. The summed E-state index contributed by atoms with van der Waals surface area (Å²) in [4.78, 5) is 24.3. The Hall–Kier alpha value is -2.65. The summed E-state index contributed by atoms with van der Waals surface area (Å²) in [5.74, 6) is -1.53. The fourth-order valence-corrected chi connectivity index (χ4v) is 3.99. The Labute approximate surface area is 180 Å². The van der Waals surface area contributed by atoms with Gasteiger partial charge in [-0.3, -0.25) is 14.3 Å². The van der Waals surface area contributed by atoms with Crippen LogP contribution < -0.4 is 15.4 Å². The third-order valence-electron chi connectivity index (χ3n) is 3.82. The van der Waals surface area contributed by atoms with Crippen LogP contribution in [0.2, 0.25) is 5.02 Å². The molecule has 2 amide bonds. The molecule has 0 saturated heterocycles. The lowest BCUT2D eigenvalue weighted by molar-refractivity contribution is -0.124. The first kappa shape index (κ1) is 23.6. The predicted octanol–water partition coefficient (Wildman–Crippen LogP) is 3.31. The zero-order valence-corrected chi connectivity index (χ0v) is 18.5. The monoisotopic (exact) mass is 455 g/mol. The van der Waals surface area contributed by atoms with Crippen molar-refractivity contribution in [1.29, 1.82) is 0 Å². The minimum Gasteiger partial charge on any atom is -0.350 e. The molecule has 1 unspecified atom stereocenters. The van der Waals surface area contributed by atoms with Gasteiger partial charge in [0, 0.05) is 16.8 Å². The van der Waals surface area contributed by atoms with Crippen LogP contribution in [0.3, 0.4) is 0 Å². The average molecular weight is 456 g/mol. The highest BCUT2D eigenvalue weighted by Crippen LogP contribution is 2.25. The molecule has 30 heavy (non-hydrogen) atoms. The van der Waals surface area contributed by atoms with Gasteiger partial charge in [-0.1, -0.05) is 11.6 Å². The summed E-state index contributed by atoms with van der Waals surface area (Å²) in [7, 11) is -4.15. The van der Waals surface area contributed by atoms with Gasteiger partial charge in [0.25, 0.3) is 15.9 Å². The number of benzene rings is 2. The first-order valence-electron chi connectivity index (χ1n) is 8.99. The maximum atomic E-state index is 13.0. The largest absolute Gasteiger partial charge is 0.350 e. The van der Waals surface area contributed by atoms with E-state index in [1.54, 1.807) is 0 Å². The van der Waals surface area contributed by atoms with Gasteiger partial charge in [-0.25, -0.2) is 12.8 Å². The molecule has 0 fully saturated rings. The second-order valence-electron chi connectivity index (χ2n) is 7.69. The molecule has 0 aliphatic carbocycles. The maximum absolute atomic E-state index is 13.0. The van der Waals surface area contributed by atoms with Crippen LogP contribution in [0.4, 0.5) is 10.1 Å². The lowest BCUT2D eigenvalue weighted by Crippen LogP contribution is -2.50. The van der Waals surface area contributed by atoms with Gasteiger partial charge in [-0.05, 0) is 70.2 Å². The second kappa shape index (κ2) is 9.01. The van der Waals surface area contributed by atoms with Crippen molar-refractivity contribution in [3.63, 3.8) is 0 Å². The Balaban J connectivity index is 2.22. The summed E-state index contributed by atoms with van der Waals surface area (Å²) in [5, 5.41) is 5.17. The van der Waals surface area contributed by atoms with Gasteiger partial charge < -0.3 is 10.6 Å². The van der Waals surface area contributed by atoms with E-state index in [2.05, 4.69) is 15.4 Å². The summed E-state index contributed by atoms with van der Waals surface area (Å²) in [6.07, 6.45) is 0. The molecule has 0 bridgehead atoms. The summed E-state index contributed by atoms with van der Waals surface area (Å²) in [6.45, 7) is 6.94. The molecule has 2 rings (SSSR count). The smallest absolute Gasteiger partial charge is 0.263 e. The zero-order valence-electron chi connectivity index (χ0n) is 16.9.